The molecule has 1 aromatic heterocycles. The highest BCUT2D eigenvalue weighted by atomic mass is 35.5. The number of fused-ring (bicyclic) bond motifs is 1. The molecule has 1 fully saturated rings. The van der Waals surface area contributed by atoms with Crippen LogP contribution in [0.3, 0.4) is 0 Å². The number of aliphatic hydroxyl groups is 1. The van der Waals surface area contributed by atoms with Crippen molar-refractivity contribution in [2.45, 2.75) is 6.04 Å². The molecule has 1 aliphatic rings. The van der Waals surface area contributed by atoms with E-state index in [4.69, 9.17) is 11.6 Å². The largest absolute Gasteiger partial charge is 0.394 e. The van der Waals surface area contributed by atoms with E-state index in [0.717, 1.165) is 22.0 Å². The first-order valence-corrected chi connectivity index (χ1v) is 9.81. The average Bonchev–Trinajstić information content (AvgIpc) is 3.05. The van der Waals surface area contributed by atoms with E-state index in [0.29, 0.717) is 15.1 Å². The van der Waals surface area contributed by atoms with Gasteiger partial charge in [0.1, 0.15) is 6.04 Å². The van der Waals surface area contributed by atoms with Gasteiger partial charge in [0.25, 0.3) is 5.91 Å². The summed E-state index contributed by atoms with van der Waals surface area (Å²) in [6.45, 7) is -0.168. The van der Waals surface area contributed by atoms with Crippen LogP contribution in [0.15, 0.2) is 70.7 Å². The predicted molar refractivity (Wildman–Crippen MR) is 114 cm³/mol. The Morgan fingerprint density at radius 3 is 2.82 bits per heavy atom. The van der Waals surface area contributed by atoms with Gasteiger partial charge < -0.3 is 10.4 Å². The fourth-order valence-corrected chi connectivity index (χ4v) is 3.87. The van der Waals surface area contributed by atoms with E-state index in [-0.39, 0.29) is 12.5 Å². The number of amides is 1. The molecule has 28 heavy (non-hydrogen) atoms. The maximum atomic E-state index is 12.3. The molecule has 0 spiro atoms. The van der Waals surface area contributed by atoms with Crippen LogP contribution in [-0.4, -0.2) is 27.8 Å². The number of rotatable bonds is 4. The Bertz CT molecular complexity index is 1100. The lowest BCUT2D eigenvalue weighted by atomic mass is 10.1. The molecular weight excluding hydrogens is 394 g/mol. The number of carbonyl (C=O) groups is 1. The zero-order valence-corrected chi connectivity index (χ0v) is 16.2. The number of halogens is 1. The first-order valence-electron chi connectivity index (χ1n) is 8.62. The number of thioether (sulfide) groups is 1. The Kier molecular flexibility index (Phi) is 5.43. The third-order valence-corrected chi connectivity index (χ3v) is 5.45. The molecule has 1 atom stereocenters. The molecule has 2 N–H and O–H groups in total. The molecule has 1 saturated heterocycles. The molecule has 3 aromatic rings. The molecule has 1 aliphatic heterocycles. The van der Waals surface area contributed by atoms with Crippen LogP contribution in [-0.2, 0) is 4.79 Å². The lowest BCUT2D eigenvalue weighted by molar-refractivity contribution is -0.115. The van der Waals surface area contributed by atoms with Crippen molar-refractivity contribution in [2.75, 3.05) is 6.61 Å². The maximum Gasteiger partial charge on any atom is 0.264 e. The van der Waals surface area contributed by atoms with E-state index in [1.54, 1.807) is 18.3 Å². The van der Waals surface area contributed by atoms with Gasteiger partial charge in [-0.2, -0.15) is 0 Å². The molecule has 2 heterocycles. The second-order valence-corrected chi connectivity index (χ2v) is 7.67. The van der Waals surface area contributed by atoms with Gasteiger partial charge in [0.15, 0.2) is 5.17 Å². The van der Waals surface area contributed by atoms with Crippen LogP contribution in [0.25, 0.3) is 17.0 Å². The first kappa shape index (κ1) is 18.7. The molecule has 2 aromatic carbocycles. The van der Waals surface area contributed by atoms with Gasteiger partial charge in [-0.3, -0.25) is 14.8 Å². The molecule has 7 heteroatoms. The quantitative estimate of drug-likeness (QED) is 0.634. The third kappa shape index (κ3) is 4.09. The van der Waals surface area contributed by atoms with E-state index in [2.05, 4.69) is 15.3 Å². The van der Waals surface area contributed by atoms with Crippen LogP contribution in [0.2, 0.25) is 5.02 Å². The SMILES string of the molecule is O=C1NC(=NC(CO)c2ccc(Cl)cc2)SC1=Cc1ccc2ncccc2c1. The van der Waals surface area contributed by atoms with Gasteiger partial charge in [-0.1, -0.05) is 35.9 Å². The summed E-state index contributed by atoms with van der Waals surface area (Å²) in [6, 6.07) is 16.4. The topological polar surface area (TPSA) is 74.6 Å². The molecule has 1 amide bonds. The summed E-state index contributed by atoms with van der Waals surface area (Å²) in [4.78, 5) is 21.7. The molecule has 0 saturated carbocycles. The Morgan fingerprint density at radius 1 is 1.21 bits per heavy atom. The zero-order valence-electron chi connectivity index (χ0n) is 14.7. The molecular formula is C21H16ClN3O2S. The predicted octanol–water partition coefficient (Wildman–Crippen LogP) is 4.18. The zero-order chi connectivity index (χ0) is 19.5. The summed E-state index contributed by atoms with van der Waals surface area (Å²) < 4.78 is 0. The van der Waals surface area contributed by atoms with Crippen molar-refractivity contribution in [3.8, 4) is 0 Å². The first-order chi connectivity index (χ1) is 13.6. The number of hydrogen-bond acceptors (Lipinski definition) is 5. The highest BCUT2D eigenvalue weighted by molar-refractivity contribution is 8.18. The Morgan fingerprint density at radius 2 is 2.04 bits per heavy atom. The minimum atomic E-state index is -0.467. The fourth-order valence-electron chi connectivity index (χ4n) is 2.87. The van der Waals surface area contributed by atoms with Crippen LogP contribution < -0.4 is 5.32 Å². The molecule has 5 nitrogen and oxygen atoms in total. The minimum absolute atomic E-state index is 0.168. The summed E-state index contributed by atoms with van der Waals surface area (Å²) in [5.41, 5.74) is 2.65. The fraction of sp³-hybridized carbons (Fsp3) is 0.0952. The number of aliphatic imine (C=N–C) groups is 1. The van der Waals surface area contributed by atoms with Crippen LogP contribution >= 0.6 is 23.4 Å². The standard InChI is InChI=1S/C21H16ClN3O2S/c22-16-6-4-14(5-7-16)18(12-26)24-21-25-20(27)19(28-21)11-13-3-8-17-15(10-13)2-1-9-23-17/h1-11,18,26H,12H2,(H,24,25,27). The van der Waals surface area contributed by atoms with Crippen LogP contribution in [0.5, 0.6) is 0 Å². The number of pyridine rings is 1. The molecule has 0 bridgehead atoms. The lowest BCUT2D eigenvalue weighted by Crippen LogP contribution is -2.21. The van der Waals surface area contributed by atoms with Crippen molar-refractivity contribution in [2.24, 2.45) is 4.99 Å². The van der Waals surface area contributed by atoms with Crippen LogP contribution in [0.4, 0.5) is 0 Å². The highest BCUT2D eigenvalue weighted by Gasteiger charge is 2.25. The van der Waals surface area contributed by atoms with Crippen molar-refractivity contribution in [3.05, 3.63) is 81.8 Å². The number of hydrogen-bond donors (Lipinski definition) is 2. The van der Waals surface area contributed by atoms with E-state index in [1.165, 1.54) is 11.8 Å². The minimum Gasteiger partial charge on any atom is -0.394 e. The van der Waals surface area contributed by atoms with Gasteiger partial charge >= 0.3 is 0 Å². The summed E-state index contributed by atoms with van der Waals surface area (Å²) >= 11 is 7.17. The van der Waals surface area contributed by atoms with Crippen molar-refractivity contribution in [3.63, 3.8) is 0 Å². The number of carbonyl (C=O) groups excluding carboxylic acids is 1. The second kappa shape index (κ2) is 8.14. The Labute approximate surface area is 171 Å². The smallest absolute Gasteiger partial charge is 0.264 e. The van der Waals surface area contributed by atoms with Crippen molar-refractivity contribution in [1.82, 2.24) is 10.3 Å². The number of aliphatic hydroxyl groups excluding tert-OH is 1. The maximum absolute atomic E-state index is 12.3. The molecule has 0 radical (unpaired) electrons. The van der Waals surface area contributed by atoms with E-state index >= 15 is 0 Å². The van der Waals surface area contributed by atoms with E-state index < -0.39 is 6.04 Å². The second-order valence-electron chi connectivity index (χ2n) is 6.20. The molecule has 1 unspecified atom stereocenters. The average molecular weight is 410 g/mol. The number of benzene rings is 2. The van der Waals surface area contributed by atoms with Crippen LogP contribution in [0, 0.1) is 0 Å². The van der Waals surface area contributed by atoms with Gasteiger partial charge in [-0.05, 0) is 59.3 Å². The number of nitrogens with zero attached hydrogens (tertiary/aromatic N) is 2. The monoisotopic (exact) mass is 409 g/mol. The van der Waals surface area contributed by atoms with Gasteiger partial charge in [0.2, 0.25) is 0 Å². The lowest BCUT2D eigenvalue weighted by Gasteiger charge is -2.10. The number of nitrogens with one attached hydrogen (secondary N) is 1. The van der Waals surface area contributed by atoms with Gasteiger partial charge in [0.05, 0.1) is 17.0 Å². The van der Waals surface area contributed by atoms with Crippen molar-refractivity contribution in [1.29, 1.82) is 0 Å². The summed E-state index contributed by atoms with van der Waals surface area (Å²) in [7, 11) is 0. The van der Waals surface area contributed by atoms with E-state index in [1.807, 2.05) is 48.5 Å². The van der Waals surface area contributed by atoms with Crippen molar-refractivity contribution < 1.29 is 9.90 Å². The number of amidine groups is 1. The summed E-state index contributed by atoms with van der Waals surface area (Å²) in [5, 5.41) is 14.6. The van der Waals surface area contributed by atoms with Gasteiger partial charge in [0, 0.05) is 16.6 Å². The molecule has 140 valence electrons. The van der Waals surface area contributed by atoms with Crippen molar-refractivity contribution >= 4 is 51.4 Å². The number of aromatic nitrogens is 1. The Hall–Kier alpha value is -2.67. The highest BCUT2D eigenvalue weighted by Crippen LogP contribution is 2.29. The van der Waals surface area contributed by atoms with Gasteiger partial charge in [-0.15, -0.1) is 0 Å². The molecule has 4 rings (SSSR count). The van der Waals surface area contributed by atoms with Crippen LogP contribution in [0.1, 0.15) is 17.2 Å². The molecule has 0 aliphatic carbocycles. The summed E-state index contributed by atoms with van der Waals surface area (Å²) in [6.07, 6.45) is 3.58. The Balaban J connectivity index is 1.57. The van der Waals surface area contributed by atoms with E-state index in [9.17, 15) is 9.90 Å². The normalized spacial score (nSPS) is 18.0. The van der Waals surface area contributed by atoms with Gasteiger partial charge in [-0.25, -0.2) is 0 Å². The third-order valence-electron chi connectivity index (χ3n) is 4.28. The summed E-state index contributed by atoms with van der Waals surface area (Å²) in [5.74, 6) is -0.206.